The molecule has 0 spiro atoms. The summed E-state index contributed by atoms with van der Waals surface area (Å²) in [6.45, 7) is 0.673. The first kappa shape index (κ1) is 27.5. The highest BCUT2D eigenvalue weighted by atomic mass is 16.4. The third-order valence-corrected chi connectivity index (χ3v) is 3.89. The van der Waals surface area contributed by atoms with Crippen molar-refractivity contribution in [3.05, 3.63) is 0 Å². The fourth-order valence-electron chi connectivity index (χ4n) is 2.20. The van der Waals surface area contributed by atoms with Crippen LogP contribution in [0, 0.1) is 0 Å². The van der Waals surface area contributed by atoms with Gasteiger partial charge in [0.05, 0.1) is 19.1 Å². The molecule has 4 unspecified atom stereocenters. The van der Waals surface area contributed by atoms with E-state index in [4.69, 9.17) is 33.1 Å². The Morgan fingerprint density at radius 3 is 2.00 bits per heavy atom. The second-order valence-corrected chi connectivity index (χ2v) is 6.60. The number of guanidine groups is 1. The van der Waals surface area contributed by atoms with Crippen molar-refractivity contribution < 1.29 is 34.2 Å². The number of hydrogen-bond acceptors (Lipinski definition) is 8. The third kappa shape index (κ3) is 11.3. The zero-order chi connectivity index (χ0) is 24.1. The van der Waals surface area contributed by atoms with E-state index in [0.717, 1.165) is 0 Å². The molecule has 0 rings (SSSR count). The van der Waals surface area contributed by atoms with E-state index in [-0.39, 0.29) is 18.9 Å². The highest BCUT2D eigenvalue weighted by Crippen LogP contribution is 1.99. The number of carbonyl (C=O) groups is 5. The van der Waals surface area contributed by atoms with Crippen molar-refractivity contribution in [1.29, 1.82) is 0 Å². The number of carbonyl (C=O) groups excluding carboxylic acids is 4. The van der Waals surface area contributed by atoms with Crippen molar-refractivity contribution in [1.82, 2.24) is 16.0 Å². The molecule has 0 aliphatic carbocycles. The van der Waals surface area contributed by atoms with E-state index in [0.29, 0.717) is 6.42 Å². The standard InChI is InChI=1S/C16H30N8O7/c1-7(22-13(28)8(17)3-2-4-21-16(19)20)12(27)23-9(5-11(18)26)14(29)24-10(6-25)15(30)31/h7-10,25H,2-6,17H2,1H3,(H2,18,26)(H,22,28)(H,23,27)(H,24,29)(H,30,31)(H4,19,20,21). The second kappa shape index (κ2) is 13.7. The normalized spacial score (nSPS) is 14.3. The SMILES string of the molecule is CC(NC(=O)C(N)CCCN=C(N)N)C(=O)NC(CC(N)=O)C(=O)NC(CO)C(=O)O. The Morgan fingerprint density at radius 1 is 0.935 bits per heavy atom. The first-order valence-electron chi connectivity index (χ1n) is 9.23. The Hall–Kier alpha value is -3.46. The Labute approximate surface area is 178 Å². The van der Waals surface area contributed by atoms with Gasteiger partial charge in [0, 0.05) is 6.54 Å². The van der Waals surface area contributed by atoms with E-state index in [2.05, 4.69) is 15.6 Å². The lowest BCUT2D eigenvalue weighted by atomic mass is 10.1. The maximum absolute atomic E-state index is 12.3. The molecule has 15 nitrogen and oxygen atoms in total. The molecule has 4 atom stereocenters. The van der Waals surface area contributed by atoms with Gasteiger partial charge < -0.3 is 49.1 Å². The molecule has 4 amide bonds. The quantitative estimate of drug-likeness (QED) is 0.0694. The number of nitrogens with two attached hydrogens (primary N) is 4. The molecule has 0 aromatic heterocycles. The largest absolute Gasteiger partial charge is 0.480 e. The number of aliphatic hydroxyl groups is 1. The Bertz CT molecular complexity index is 695. The number of nitrogens with zero attached hydrogens (tertiary/aromatic N) is 1. The molecule has 0 aliphatic heterocycles. The van der Waals surface area contributed by atoms with Gasteiger partial charge in [-0.2, -0.15) is 0 Å². The van der Waals surface area contributed by atoms with Crippen LogP contribution < -0.4 is 38.9 Å². The maximum Gasteiger partial charge on any atom is 0.328 e. The van der Waals surface area contributed by atoms with E-state index in [1.54, 1.807) is 0 Å². The fraction of sp³-hybridized carbons (Fsp3) is 0.625. The van der Waals surface area contributed by atoms with Crippen LogP contribution in [0.25, 0.3) is 0 Å². The average molecular weight is 446 g/mol. The molecule has 0 saturated carbocycles. The molecule has 0 aliphatic rings. The summed E-state index contributed by atoms with van der Waals surface area (Å²) in [7, 11) is 0. The van der Waals surface area contributed by atoms with Gasteiger partial charge in [0.1, 0.15) is 18.1 Å². The zero-order valence-electron chi connectivity index (χ0n) is 17.0. The summed E-state index contributed by atoms with van der Waals surface area (Å²) in [5.74, 6) is -5.10. The van der Waals surface area contributed by atoms with E-state index >= 15 is 0 Å². The van der Waals surface area contributed by atoms with E-state index in [9.17, 15) is 24.0 Å². The van der Waals surface area contributed by atoms with Gasteiger partial charge in [0.25, 0.3) is 0 Å². The molecular weight excluding hydrogens is 416 g/mol. The van der Waals surface area contributed by atoms with Crippen LogP contribution in [0.3, 0.4) is 0 Å². The number of primary amides is 1. The lowest BCUT2D eigenvalue weighted by molar-refractivity contribution is -0.143. The number of aliphatic imine (C=N–C) groups is 1. The first-order chi connectivity index (χ1) is 14.4. The maximum atomic E-state index is 12.3. The van der Waals surface area contributed by atoms with Crippen molar-refractivity contribution in [3.63, 3.8) is 0 Å². The minimum Gasteiger partial charge on any atom is -0.480 e. The van der Waals surface area contributed by atoms with Gasteiger partial charge in [-0.15, -0.1) is 0 Å². The van der Waals surface area contributed by atoms with Gasteiger partial charge in [-0.3, -0.25) is 24.2 Å². The molecule has 176 valence electrons. The summed E-state index contributed by atoms with van der Waals surface area (Å²) >= 11 is 0. The predicted octanol–water partition coefficient (Wildman–Crippen LogP) is -5.21. The van der Waals surface area contributed by atoms with E-state index < -0.39 is 66.8 Å². The molecule has 0 bridgehead atoms. The zero-order valence-corrected chi connectivity index (χ0v) is 17.0. The number of aliphatic hydroxyl groups excluding tert-OH is 1. The monoisotopic (exact) mass is 446 g/mol. The van der Waals surface area contributed by atoms with Gasteiger partial charge in [-0.1, -0.05) is 0 Å². The molecule has 0 heterocycles. The number of nitrogens with one attached hydrogen (secondary N) is 3. The fourth-order valence-corrected chi connectivity index (χ4v) is 2.20. The molecule has 0 fully saturated rings. The average Bonchev–Trinajstić information content (AvgIpc) is 2.67. The van der Waals surface area contributed by atoms with Crippen LogP contribution in [0.15, 0.2) is 4.99 Å². The number of carboxylic acid groups (broad SMARTS) is 1. The summed E-state index contributed by atoms with van der Waals surface area (Å²) in [5.41, 5.74) is 21.2. The van der Waals surface area contributed by atoms with Gasteiger partial charge in [-0.05, 0) is 19.8 Å². The summed E-state index contributed by atoms with van der Waals surface area (Å²) in [6, 6.07) is -5.26. The highest BCUT2D eigenvalue weighted by Gasteiger charge is 2.29. The molecule has 13 N–H and O–H groups in total. The molecule has 0 aromatic carbocycles. The van der Waals surface area contributed by atoms with Crippen molar-refractivity contribution >= 4 is 35.6 Å². The number of rotatable bonds is 14. The molecule has 15 heteroatoms. The molecule has 0 saturated heterocycles. The van der Waals surface area contributed by atoms with Crippen LogP contribution in [0.2, 0.25) is 0 Å². The smallest absolute Gasteiger partial charge is 0.328 e. The molecular formula is C16H30N8O7. The van der Waals surface area contributed by atoms with Crippen molar-refractivity contribution in [2.45, 2.75) is 50.4 Å². The van der Waals surface area contributed by atoms with Gasteiger partial charge in [-0.25, -0.2) is 4.79 Å². The summed E-state index contributed by atoms with van der Waals surface area (Å²) in [6.07, 6.45) is 0.0191. The topological polar surface area (TPSA) is 278 Å². The second-order valence-electron chi connectivity index (χ2n) is 6.60. The number of aliphatic carboxylic acids is 1. The Kier molecular flexibility index (Phi) is 12.2. The Balaban J connectivity index is 4.88. The Morgan fingerprint density at radius 2 is 1.52 bits per heavy atom. The van der Waals surface area contributed by atoms with Crippen LogP contribution in [0.5, 0.6) is 0 Å². The van der Waals surface area contributed by atoms with Crippen LogP contribution in [0.1, 0.15) is 26.2 Å². The summed E-state index contributed by atoms with van der Waals surface area (Å²) in [5, 5.41) is 24.4. The minimum absolute atomic E-state index is 0.0912. The predicted molar refractivity (Wildman–Crippen MR) is 108 cm³/mol. The van der Waals surface area contributed by atoms with Crippen LogP contribution in [-0.2, 0) is 24.0 Å². The van der Waals surface area contributed by atoms with E-state index in [1.165, 1.54) is 6.92 Å². The molecule has 31 heavy (non-hydrogen) atoms. The van der Waals surface area contributed by atoms with Gasteiger partial charge in [0.15, 0.2) is 5.96 Å². The van der Waals surface area contributed by atoms with Crippen molar-refractivity contribution in [2.75, 3.05) is 13.2 Å². The number of hydrogen-bond donors (Lipinski definition) is 9. The van der Waals surface area contributed by atoms with Gasteiger partial charge in [0.2, 0.25) is 23.6 Å². The summed E-state index contributed by atoms with van der Waals surface area (Å²) < 4.78 is 0. The first-order valence-corrected chi connectivity index (χ1v) is 9.23. The van der Waals surface area contributed by atoms with Gasteiger partial charge >= 0.3 is 5.97 Å². The van der Waals surface area contributed by atoms with Crippen molar-refractivity contribution in [3.8, 4) is 0 Å². The van der Waals surface area contributed by atoms with Crippen LogP contribution in [0.4, 0.5) is 0 Å². The lowest BCUT2D eigenvalue weighted by Crippen LogP contribution is -2.57. The number of carboxylic acids is 1. The summed E-state index contributed by atoms with van der Waals surface area (Å²) in [4.78, 5) is 62.5. The highest BCUT2D eigenvalue weighted by molar-refractivity contribution is 5.95. The molecule has 0 radical (unpaired) electrons. The third-order valence-electron chi connectivity index (χ3n) is 3.89. The molecule has 0 aromatic rings. The van der Waals surface area contributed by atoms with Crippen LogP contribution >= 0.6 is 0 Å². The van der Waals surface area contributed by atoms with E-state index in [1.807, 2.05) is 5.32 Å². The lowest BCUT2D eigenvalue weighted by Gasteiger charge is -2.22. The minimum atomic E-state index is -1.64. The van der Waals surface area contributed by atoms with Crippen LogP contribution in [-0.4, -0.2) is 83.1 Å². The van der Waals surface area contributed by atoms with Crippen molar-refractivity contribution in [2.24, 2.45) is 27.9 Å². The number of amides is 4.